The van der Waals surface area contributed by atoms with E-state index in [-0.39, 0.29) is 0 Å². The molecule has 0 aliphatic carbocycles. The quantitative estimate of drug-likeness (QED) is 0.833. The van der Waals surface area contributed by atoms with Crippen LogP contribution in [0.1, 0.15) is 50.6 Å². The summed E-state index contributed by atoms with van der Waals surface area (Å²) in [7, 11) is 2.10. The summed E-state index contributed by atoms with van der Waals surface area (Å²) in [5.41, 5.74) is 7.86. The molecule has 4 heteroatoms. The van der Waals surface area contributed by atoms with Crippen molar-refractivity contribution in [3.05, 3.63) is 17.0 Å². The second kappa shape index (κ2) is 5.46. The van der Waals surface area contributed by atoms with Gasteiger partial charge in [0, 0.05) is 18.2 Å². The van der Waals surface area contributed by atoms with Crippen molar-refractivity contribution in [3.63, 3.8) is 0 Å². The highest BCUT2D eigenvalue weighted by Crippen LogP contribution is 2.23. The van der Waals surface area contributed by atoms with Crippen molar-refractivity contribution in [1.29, 1.82) is 0 Å². The molecule has 0 bridgehead atoms. The van der Waals surface area contributed by atoms with Gasteiger partial charge in [-0.3, -0.25) is 4.90 Å². The van der Waals surface area contributed by atoms with Crippen LogP contribution >= 0.6 is 0 Å². The lowest BCUT2D eigenvalue weighted by Gasteiger charge is -2.21. The van der Waals surface area contributed by atoms with Crippen LogP contribution in [0.4, 0.5) is 0 Å². The summed E-state index contributed by atoms with van der Waals surface area (Å²) in [6, 6.07) is 0.500. The van der Waals surface area contributed by atoms with E-state index in [9.17, 15) is 0 Å². The minimum atomic E-state index is 0.375. The van der Waals surface area contributed by atoms with Gasteiger partial charge in [0.2, 0.25) is 0 Å². The van der Waals surface area contributed by atoms with Gasteiger partial charge in [-0.05, 0) is 26.8 Å². The van der Waals surface area contributed by atoms with Crippen LogP contribution in [0.2, 0.25) is 0 Å². The maximum absolute atomic E-state index is 5.66. The number of aromatic nitrogens is 1. The molecular formula is C12H23N3O. The second-order valence-electron chi connectivity index (χ2n) is 4.84. The zero-order chi connectivity index (χ0) is 12.3. The highest BCUT2D eigenvalue weighted by Gasteiger charge is 2.19. The molecule has 0 aliphatic rings. The van der Waals surface area contributed by atoms with E-state index in [1.165, 1.54) is 0 Å². The molecule has 1 heterocycles. The number of rotatable bonds is 5. The third kappa shape index (κ3) is 2.83. The maximum atomic E-state index is 5.66. The van der Waals surface area contributed by atoms with Gasteiger partial charge in [-0.15, -0.1) is 0 Å². The lowest BCUT2D eigenvalue weighted by atomic mass is 10.0. The first kappa shape index (κ1) is 13.2. The summed E-state index contributed by atoms with van der Waals surface area (Å²) in [5.74, 6) is 1.19. The van der Waals surface area contributed by atoms with Gasteiger partial charge in [-0.1, -0.05) is 19.0 Å². The SMILES string of the molecule is CC(C)c1noc(CN)c1CN(C)C(C)C. The first-order chi connectivity index (χ1) is 7.47. The first-order valence-corrected chi connectivity index (χ1v) is 5.85. The third-order valence-electron chi connectivity index (χ3n) is 2.92. The Kier molecular flexibility index (Phi) is 4.50. The van der Waals surface area contributed by atoms with Crippen LogP contribution in [-0.4, -0.2) is 23.1 Å². The fourth-order valence-electron chi connectivity index (χ4n) is 1.57. The molecule has 0 saturated carbocycles. The van der Waals surface area contributed by atoms with Crippen molar-refractivity contribution in [1.82, 2.24) is 10.1 Å². The molecule has 16 heavy (non-hydrogen) atoms. The molecule has 0 amide bonds. The molecule has 4 nitrogen and oxygen atoms in total. The van der Waals surface area contributed by atoms with Crippen molar-refractivity contribution in [2.45, 2.75) is 52.7 Å². The van der Waals surface area contributed by atoms with Crippen LogP contribution < -0.4 is 5.73 Å². The highest BCUT2D eigenvalue weighted by atomic mass is 16.5. The molecule has 92 valence electrons. The summed E-state index contributed by atoms with van der Waals surface area (Å²) in [4.78, 5) is 2.26. The van der Waals surface area contributed by atoms with Gasteiger partial charge in [-0.2, -0.15) is 0 Å². The Balaban J connectivity index is 2.95. The number of hydrogen-bond acceptors (Lipinski definition) is 4. The Bertz CT molecular complexity index is 331. The molecule has 0 aromatic carbocycles. The smallest absolute Gasteiger partial charge is 0.155 e. The van der Waals surface area contributed by atoms with Crippen molar-refractivity contribution in [3.8, 4) is 0 Å². The normalized spacial score (nSPS) is 12.1. The monoisotopic (exact) mass is 225 g/mol. The fraction of sp³-hybridized carbons (Fsp3) is 0.750. The van der Waals surface area contributed by atoms with Crippen LogP contribution in [-0.2, 0) is 13.1 Å². The molecule has 0 aliphatic heterocycles. The molecule has 0 unspecified atom stereocenters. The average Bonchev–Trinajstić information content (AvgIpc) is 2.60. The molecule has 1 rings (SSSR count). The maximum Gasteiger partial charge on any atom is 0.155 e. The molecular weight excluding hydrogens is 202 g/mol. The Morgan fingerprint density at radius 2 is 1.94 bits per heavy atom. The van der Waals surface area contributed by atoms with E-state index >= 15 is 0 Å². The summed E-state index contributed by atoms with van der Waals surface area (Å²) in [6.07, 6.45) is 0. The molecule has 1 aromatic rings. The van der Waals surface area contributed by atoms with E-state index in [4.69, 9.17) is 10.3 Å². The molecule has 0 spiro atoms. The molecule has 2 N–H and O–H groups in total. The lowest BCUT2D eigenvalue weighted by Crippen LogP contribution is -2.26. The Morgan fingerprint density at radius 1 is 1.31 bits per heavy atom. The molecule has 0 fully saturated rings. The zero-order valence-corrected chi connectivity index (χ0v) is 10.9. The largest absolute Gasteiger partial charge is 0.359 e. The van der Waals surface area contributed by atoms with Crippen molar-refractivity contribution in [2.75, 3.05) is 7.05 Å². The van der Waals surface area contributed by atoms with E-state index in [0.717, 1.165) is 23.6 Å². The van der Waals surface area contributed by atoms with Crippen LogP contribution in [0.15, 0.2) is 4.52 Å². The van der Waals surface area contributed by atoms with Gasteiger partial charge in [0.1, 0.15) is 0 Å². The van der Waals surface area contributed by atoms with Gasteiger partial charge in [-0.25, -0.2) is 0 Å². The number of nitrogens with two attached hydrogens (primary N) is 1. The Labute approximate surface area is 97.8 Å². The topological polar surface area (TPSA) is 55.3 Å². The van der Waals surface area contributed by atoms with Crippen LogP contribution in [0.3, 0.4) is 0 Å². The summed E-state index contributed by atoms with van der Waals surface area (Å²) >= 11 is 0. The minimum absolute atomic E-state index is 0.375. The van der Waals surface area contributed by atoms with Crippen LogP contribution in [0.25, 0.3) is 0 Å². The average molecular weight is 225 g/mol. The second-order valence-corrected chi connectivity index (χ2v) is 4.84. The van der Waals surface area contributed by atoms with E-state index in [0.29, 0.717) is 18.5 Å². The molecule has 0 radical (unpaired) electrons. The molecule has 1 aromatic heterocycles. The molecule has 0 saturated heterocycles. The van der Waals surface area contributed by atoms with E-state index < -0.39 is 0 Å². The third-order valence-corrected chi connectivity index (χ3v) is 2.92. The zero-order valence-electron chi connectivity index (χ0n) is 10.9. The summed E-state index contributed by atoms with van der Waals surface area (Å²) in [5, 5.41) is 4.12. The standard InChI is InChI=1S/C12H23N3O/c1-8(2)12-10(7-15(5)9(3)4)11(6-13)16-14-12/h8-9H,6-7,13H2,1-5H3. The summed E-state index contributed by atoms with van der Waals surface area (Å²) in [6.45, 7) is 9.85. The van der Waals surface area contributed by atoms with Crippen LogP contribution in [0.5, 0.6) is 0 Å². The van der Waals surface area contributed by atoms with E-state index in [1.54, 1.807) is 0 Å². The predicted molar refractivity (Wildman–Crippen MR) is 65.1 cm³/mol. The predicted octanol–water partition coefficient (Wildman–Crippen LogP) is 2.10. The van der Waals surface area contributed by atoms with Gasteiger partial charge in [0.05, 0.1) is 12.2 Å². The van der Waals surface area contributed by atoms with Crippen molar-refractivity contribution >= 4 is 0 Å². The van der Waals surface area contributed by atoms with Gasteiger partial charge in [0.25, 0.3) is 0 Å². The minimum Gasteiger partial charge on any atom is -0.359 e. The van der Waals surface area contributed by atoms with Gasteiger partial charge in [0.15, 0.2) is 5.76 Å². The van der Waals surface area contributed by atoms with Crippen LogP contribution in [0, 0.1) is 0 Å². The van der Waals surface area contributed by atoms with Gasteiger partial charge < -0.3 is 10.3 Å². The van der Waals surface area contributed by atoms with E-state index in [1.807, 2.05) is 0 Å². The van der Waals surface area contributed by atoms with E-state index in [2.05, 4.69) is 44.8 Å². The number of nitrogens with zero attached hydrogens (tertiary/aromatic N) is 2. The molecule has 0 atom stereocenters. The summed E-state index contributed by atoms with van der Waals surface area (Å²) < 4.78 is 5.29. The number of hydrogen-bond donors (Lipinski definition) is 1. The lowest BCUT2D eigenvalue weighted by molar-refractivity contribution is 0.262. The van der Waals surface area contributed by atoms with Crippen molar-refractivity contribution in [2.24, 2.45) is 5.73 Å². The Morgan fingerprint density at radius 3 is 2.38 bits per heavy atom. The highest BCUT2D eigenvalue weighted by molar-refractivity contribution is 5.25. The van der Waals surface area contributed by atoms with Gasteiger partial charge >= 0.3 is 0 Å². The van der Waals surface area contributed by atoms with Crippen molar-refractivity contribution < 1.29 is 4.52 Å². The Hall–Kier alpha value is -0.870. The fourth-order valence-corrected chi connectivity index (χ4v) is 1.57. The first-order valence-electron chi connectivity index (χ1n) is 5.85.